The van der Waals surface area contributed by atoms with E-state index >= 15 is 0 Å². The molecule has 32 heavy (non-hydrogen) atoms. The highest BCUT2D eigenvalue weighted by molar-refractivity contribution is 8.18. The highest BCUT2D eigenvalue weighted by Gasteiger charge is 2.69. The van der Waals surface area contributed by atoms with E-state index in [9.17, 15) is 14.4 Å². The summed E-state index contributed by atoms with van der Waals surface area (Å²) in [5, 5.41) is 1.23. The molecule has 3 fully saturated rings. The molecule has 0 bridgehead atoms. The van der Waals surface area contributed by atoms with Crippen molar-refractivity contribution in [1.29, 1.82) is 0 Å². The van der Waals surface area contributed by atoms with Crippen LogP contribution in [0.5, 0.6) is 0 Å². The van der Waals surface area contributed by atoms with E-state index in [1.807, 2.05) is 18.2 Å². The number of aldehydes is 1. The van der Waals surface area contributed by atoms with Gasteiger partial charge in [-0.05, 0) is 23.5 Å². The van der Waals surface area contributed by atoms with Crippen molar-refractivity contribution in [2.45, 2.75) is 54.5 Å². The van der Waals surface area contributed by atoms with E-state index in [0.717, 1.165) is 24.2 Å². The Kier molecular flexibility index (Phi) is 6.97. The summed E-state index contributed by atoms with van der Waals surface area (Å²) >= 11 is 3.53. The summed E-state index contributed by atoms with van der Waals surface area (Å²) in [6, 6.07) is 10.3. The molecule has 1 saturated carbocycles. The number of Topliss-reactive ketones (excluding diaryl/α,β-unsaturated/α-hetero) is 1. The average Bonchev–Trinajstić information content (AvgIpc) is 3.20. The first-order valence-electron chi connectivity index (χ1n) is 11.3. The van der Waals surface area contributed by atoms with Crippen molar-refractivity contribution in [3.8, 4) is 0 Å². The number of methoxy groups -OCH3 is 1. The van der Waals surface area contributed by atoms with Crippen molar-refractivity contribution in [1.82, 2.24) is 0 Å². The van der Waals surface area contributed by atoms with Crippen LogP contribution >= 0.6 is 23.5 Å². The molecule has 4 atom stereocenters. The number of carbonyl (C=O) groups is 3. The fraction of sp³-hybridized carbons (Fsp3) is 0.625. The topological polar surface area (TPSA) is 69.7 Å². The summed E-state index contributed by atoms with van der Waals surface area (Å²) < 4.78 is 11.5. The lowest BCUT2D eigenvalue weighted by molar-refractivity contribution is -0.158. The normalized spacial score (nSPS) is 32.2. The number of ketones is 1. The van der Waals surface area contributed by atoms with Crippen molar-refractivity contribution >= 4 is 54.8 Å². The molecular formula is C24H32O5S2Si. The molecule has 0 radical (unpaired) electrons. The summed E-state index contributed by atoms with van der Waals surface area (Å²) in [4.78, 5) is 38.5. The molecule has 0 N–H and O–H groups in total. The maximum Gasteiger partial charge on any atom is 0.314 e. The van der Waals surface area contributed by atoms with Crippen molar-refractivity contribution in [2.24, 2.45) is 11.3 Å². The Bertz CT molecular complexity index is 870. The van der Waals surface area contributed by atoms with Gasteiger partial charge >= 0.3 is 5.97 Å². The first-order chi connectivity index (χ1) is 15.3. The Labute approximate surface area is 199 Å². The second kappa shape index (κ2) is 9.28. The van der Waals surface area contributed by atoms with Crippen LogP contribution < -0.4 is 5.19 Å². The summed E-state index contributed by atoms with van der Waals surface area (Å²) in [6.07, 6.45) is 2.80. The van der Waals surface area contributed by atoms with E-state index in [4.69, 9.17) is 9.47 Å². The van der Waals surface area contributed by atoms with Crippen LogP contribution in [0.3, 0.4) is 0 Å². The van der Waals surface area contributed by atoms with Gasteiger partial charge in [-0.3, -0.25) is 9.59 Å². The molecule has 174 valence electrons. The SMILES string of the molecule is COC(=O)[C@]12CO[C@@H](C3(CC=O)SCCCS3)[C@@H]1CC(=O)C[C@H]2[Si](C)(C)c1ccccc1. The molecule has 4 rings (SSSR count). The fourth-order valence-electron chi connectivity index (χ4n) is 6.16. The fourth-order valence-corrected chi connectivity index (χ4v) is 13.5. The Morgan fingerprint density at radius 3 is 2.53 bits per heavy atom. The quantitative estimate of drug-likeness (QED) is 0.341. The standard InChI is InChI=1S/C24H32O5S2Si/c1-28-22(27)23-16-29-21(24(10-11-25)30-12-7-13-31-24)19(23)14-17(26)15-20(23)32(2,3)18-8-5-4-6-9-18/h4-6,8-9,11,19-21H,7,10,12-16H2,1-3H3/t19-,20+,21+,23+/m0/s1. The number of hydrogen-bond acceptors (Lipinski definition) is 7. The molecule has 3 aliphatic rings. The highest BCUT2D eigenvalue weighted by Crippen LogP contribution is 2.63. The van der Waals surface area contributed by atoms with Gasteiger partial charge in [0.2, 0.25) is 0 Å². The van der Waals surface area contributed by atoms with Gasteiger partial charge in [-0.1, -0.05) is 48.6 Å². The first-order valence-corrected chi connectivity index (χ1v) is 16.4. The summed E-state index contributed by atoms with van der Waals surface area (Å²) in [6.45, 7) is 4.77. The van der Waals surface area contributed by atoms with Gasteiger partial charge in [0.05, 0.1) is 37.4 Å². The van der Waals surface area contributed by atoms with Gasteiger partial charge < -0.3 is 14.3 Å². The molecule has 2 aliphatic heterocycles. The van der Waals surface area contributed by atoms with Gasteiger partial charge in [-0.15, -0.1) is 23.5 Å². The van der Waals surface area contributed by atoms with E-state index in [-0.39, 0.29) is 35.9 Å². The number of ether oxygens (including phenoxy) is 2. The van der Waals surface area contributed by atoms with Crippen molar-refractivity contribution in [3.63, 3.8) is 0 Å². The minimum Gasteiger partial charge on any atom is -0.469 e. The average molecular weight is 493 g/mol. The number of hydrogen-bond donors (Lipinski definition) is 0. The molecule has 1 aromatic rings. The van der Waals surface area contributed by atoms with Gasteiger partial charge in [0, 0.05) is 25.2 Å². The van der Waals surface area contributed by atoms with Gasteiger partial charge in [0.15, 0.2) is 0 Å². The largest absolute Gasteiger partial charge is 0.469 e. The van der Waals surface area contributed by atoms with Gasteiger partial charge in [-0.2, -0.15) is 0 Å². The van der Waals surface area contributed by atoms with Crippen LogP contribution in [-0.4, -0.2) is 61.5 Å². The molecule has 0 aromatic heterocycles. The Balaban J connectivity index is 1.82. The summed E-state index contributed by atoms with van der Waals surface area (Å²) in [5.41, 5.74) is -0.971. The van der Waals surface area contributed by atoms with E-state index in [0.29, 0.717) is 19.3 Å². The minimum absolute atomic E-state index is 0.118. The molecule has 8 heteroatoms. The Hall–Kier alpha value is -1.09. The Morgan fingerprint density at radius 1 is 1.22 bits per heavy atom. The van der Waals surface area contributed by atoms with E-state index in [2.05, 4.69) is 25.2 Å². The predicted molar refractivity (Wildman–Crippen MR) is 132 cm³/mol. The Morgan fingerprint density at radius 2 is 1.91 bits per heavy atom. The van der Waals surface area contributed by atoms with Gasteiger partial charge in [0.25, 0.3) is 0 Å². The molecule has 2 saturated heterocycles. The number of fused-ring (bicyclic) bond motifs is 1. The van der Waals surface area contributed by atoms with Crippen LogP contribution in [0.1, 0.15) is 25.7 Å². The monoisotopic (exact) mass is 492 g/mol. The molecule has 0 unspecified atom stereocenters. The molecular weight excluding hydrogens is 460 g/mol. The van der Waals surface area contributed by atoms with Crippen LogP contribution in [0.25, 0.3) is 0 Å². The van der Waals surface area contributed by atoms with Crippen molar-refractivity contribution in [3.05, 3.63) is 30.3 Å². The lowest BCUT2D eigenvalue weighted by atomic mass is 9.64. The molecule has 0 spiro atoms. The van der Waals surface area contributed by atoms with Crippen LogP contribution in [0, 0.1) is 11.3 Å². The second-order valence-electron chi connectivity index (χ2n) is 9.69. The van der Waals surface area contributed by atoms with Gasteiger partial charge in [-0.25, -0.2) is 0 Å². The van der Waals surface area contributed by atoms with Crippen molar-refractivity contribution in [2.75, 3.05) is 25.2 Å². The predicted octanol–water partition coefficient (Wildman–Crippen LogP) is 3.66. The minimum atomic E-state index is -2.26. The third kappa shape index (κ3) is 3.81. The molecule has 0 amide bonds. The smallest absolute Gasteiger partial charge is 0.314 e. The number of thioether (sulfide) groups is 2. The lowest BCUT2D eigenvalue weighted by Gasteiger charge is -2.50. The van der Waals surface area contributed by atoms with E-state index < -0.39 is 17.6 Å². The van der Waals surface area contributed by atoms with Gasteiger partial charge in [0.1, 0.15) is 12.1 Å². The number of rotatable bonds is 6. The van der Waals surface area contributed by atoms with Crippen molar-refractivity contribution < 1.29 is 23.9 Å². The molecule has 1 aliphatic carbocycles. The summed E-state index contributed by atoms with van der Waals surface area (Å²) in [5.74, 6) is 1.58. The third-order valence-electron chi connectivity index (χ3n) is 7.77. The van der Waals surface area contributed by atoms with Crippen LogP contribution in [-0.2, 0) is 23.9 Å². The maximum atomic E-state index is 13.6. The van der Waals surface area contributed by atoms with E-state index in [1.54, 1.807) is 23.5 Å². The van der Waals surface area contributed by atoms with Crippen LogP contribution in [0.4, 0.5) is 0 Å². The van der Waals surface area contributed by atoms with Crippen LogP contribution in [0.15, 0.2) is 30.3 Å². The zero-order valence-corrected chi connectivity index (χ0v) is 21.6. The zero-order chi connectivity index (χ0) is 23.0. The zero-order valence-electron chi connectivity index (χ0n) is 19.0. The molecule has 1 aromatic carbocycles. The van der Waals surface area contributed by atoms with E-state index in [1.165, 1.54) is 12.3 Å². The first kappa shape index (κ1) is 24.0. The maximum absolute atomic E-state index is 13.6. The number of benzene rings is 1. The second-order valence-corrected chi connectivity index (χ2v) is 17.5. The van der Waals surface area contributed by atoms with Crippen LogP contribution in [0.2, 0.25) is 18.6 Å². The lowest BCUT2D eigenvalue weighted by Crippen LogP contribution is -2.61. The molecule has 5 nitrogen and oxygen atoms in total. The number of carbonyl (C=O) groups excluding carboxylic acids is 3. The third-order valence-corrected chi connectivity index (χ3v) is 15.5. The highest BCUT2D eigenvalue weighted by atomic mass is 32.2. The number of esters is 1. The summed E-state index contributed by atoms with van der Waals surface area (Å²) in [7, 11) is -0.823. The molecule has 2 heterocycles.